The summed E-state index contributed by atoms with van der Waals surface area (Å²) in [6, 6.07) is 0. The largest absolute Gasteiger partial charge is 0.458 e. The lowest BCUT2D eigenvalue weighted by Gasteiger charge is -2.32. The highest BCUT2D eigenvalue weighted by atomic mass is 16.6. The molecule has 1 saturated heterocycles. The van der Waals surface area contributed by atoms with E-state index in [0.717, 1.165) is 19.3 Å². The van der Waals surface area contributed by atoms with Crippen LogP contribution in [0.4, 0.5) is 0 Å². The summed E-state index contributed by atoms with van der Waals surface area (Å²) in [5, 5.41) is 0. The Morgan fingerprint density at radius 2 is 1.84 bits per heavy atom. The Labute approximate surface area is 151 Å². The fourth-order valence-corrected chi connectivity index (χ4v) is 6.46. The second-order valence-electron chi connectivity index (χ2n) is 11.4. The van der Waals surface area contributed by atoms with Gasteiger partial charge in [-0.15, -0.1) is 0 Å². The second-order valence-corrected chi connectivity index (χ2v) is 11.4. The van der Waals surface area contributed by atoms with Crippen LogP contribution in [-0.4, -0.2) is 24.1 Å². The Kier molecular flexibility index (Phi) is 3.20. The summed E-state index contributed by atoms with van der Waals surface area (Å²) in [5.74, 6) is 0.298. The smallest absolute Gasteiger partial charge is 0.313 e. The van der Waals surface area contributed by atoms with Gasteiger partial charge in [0.1, 0.15) is 12.2 Å². The van der Waals surface area contributed by atoms with Crippen molar-refractivity contribution in [3.63, 3.8) is 0 Å². The third-order valence-corrected chi connectivity index (χ3v) is 7.77. The molecule has 4 heteroatoms. The first-order chi connectivity index (χ1) is 11.3. The maximum absolute atomic E-state index is 13.3. The molecule has 3 aliphatic carbocycles. The van der Waals surface area contributed by atoms with E-state index in [9.17, 15) is 9.59 Å². The molecule has 6 unspecified atom stereocenters. The molecule has 0 aromatic rings. The van der Waals surface area contributed by atoms with Crippen molar-refractivity contribution in [2.75, 3.05) is 0 Å². The highest BCUT2D eigenvalue weighted by molar-refractivity contribution is 5.82. The van der Waals surface area contributed by atoms with Gasteiger partial charge in [-0.3, -0.25) is 9.59 Å². The molecule has 4 nitrogen and oxygen atoms in total. The van der Waals surface area contributed by atoms with Crippen LogP contribution in [0.15, 0.2) is 0 Å². The van der Waals surface area contributed by atoms with Crippen LogP contribution in [0.3, 0.4) is 0 Å². The van der Waals surface area contributed by atoms with E-state index in [0.29, 0.717) is 0 Å². The summed E-state index contributed by atoms with van der Waals surface area (Å²) in [4.78, 5) is 25.4. The van der Waals surface area contributed by atoms with E-state index in [1.54, 1.807) is 0 Å². The van der Waals surface area contributed by atoms with Crippen molar-refractivity contribution in [2.24, 2.45) is 39.4 Å². The number of hydrogen-bond donors (Lipinski definition) is 0. The first-order valence-corrected chi connectivity index (χ1v) is 9.72. The zero-order valence-electron chi connectivity index (χ0n) is 16.6. The fraction of sp³-hybridized carbons (Fsp3) is 0.905. The number of carbonyl (C=O) groups is 2. The van der Waals surface area contributed by atoms with Gasteiger partial charge in [-0.1, -0.05) is 48.5 Å². The van der Waals surface area contributed by atoms with E-state index < -0.39 is 0 Å². The van der Waals surface area contributed by atoms with Crippen LogP contribution in [-0.2, 0) is 19.1 Å². The van der Waals surface area contributed by atoms with Gasteiger partial charge in [-0.05, 0) is 35.5 Å². The van der Waals surface area contributed by atoms with Crippen molar-refractivity contribution >= 4 is 11.9 Å². The van der Waals surface area contributed by atoms with Gasteiger partial charge >= 0.3 is 11.9 Å². The van der Waals surface area contributed by atoms with Gasteiger partial charge < -0.3 is 9.47 Å². The van der Waals surface area contributed by atoms with Gasteiger partial charge in [0.05, 0.1) is 11.3 Å². The van der Waals surface area contributed by atoms with E-state index in [1.165, 1.54) is 0 Å². The minimum Gasteiger partial charge on any atom is -0.458 e. The third-order valence-electron chi connectivity index (χ3n) is 7.77. The van der Waals surface area contributed by atoms with Gasteiger partial charge in [-0.2, -0.15) is 0 Å². The van der Waals surface area contributed by atoms with Gasteiger partial charge in [0.25, 0.3) is 0 Å². The lowest BCUT2D eigenvalue weighted by atomic mass is 9.78. The molecule has 4 aliphatic rings. The summed E-state index contributed by atoms with van der Waals surface area (Å²) in [6.07, 6.45) is 2.03. The molecule has 4 rings (SSSR count). The second kappa shape index (κ2) is 4.61. The molecule has 3 saturated carbocycles. The SMILES string of the molecule is CC(C)(C)CC1(C(=O)OC2C3OC(=O)C4CC2C(C)(C)C43)CC1(C)C. The Balaban J connectivity index is 1.57. The molecule has 0 spiro atoms. The molecule has 2 bridgehead atoms. The normalized spacial score (nSPS) is 45.4. The lowest BCUT2D eigenvalue weighted by molar-refractivity contribution is -0.170. The average molecular weight is 348 g/mol. The van der Waals surface area contributed by atoms with Crippen molar-refractivity contribution < 1.29 is 19.1 Å². The molecule has 6 atom stereocenters. The van der Waals surface area contributed by atoms with Crippen LogP contribution < -0.4 is 0 Å². The van der Waals surface area contributed by atoms with Gasteiger partial charge in [0.2, 0.25) is 0 Å². The standard InChI is InChI=1S/C21H32O4/c1-18(2,3)9-21(10-19(21,4)5)17(23)25-14-12-8-11-13(20(12,6)7)15(14)24-16(11)22/h11-15H,8-10H2,1-7H3. The highest BCUT2D eigenvalue weighted by Gasteiger charge is 2.73. The number of rotatable bonds is 3. The highest BCUT2D eigenvalue weighted by Crippen LogP contribution is 2.70. The Morgan fingerprint density at radius 3 is 2.36 bits per heavy atom. The van der Waals surface area contributed by atoms with Crippen molar-refractivity contribution in [1.29, 1.82) is 0 Å². The Bertz CT molecular complexity index is 641. The van der Waals surface area contributed by atoms with Crippen molar-refractivity contribution in [3.05, 3.63) is 0 Å². The quantitative estimate of drug-likeness (QED) is 0.724. The maximum Gasteiger partial charge on any atom is 0.313 e. The molecule has 1 aliphatic heterocycles. The molecule has 1 heterocycles. The molecule has 0 amide bonds. The Hall–Kier alpha value is -1.06. The van der Waals surface area contributed by atoms with E-state index >= 15 is 0 Å². The van der Waals surface area contributed by atoms with Crippen LogP contribution in [0.25, 0.3) is 0 Å². The number of ether oxygens (including phenoxy) is 2. The minimum absolute atomic E-state index is 0.00268. The van der Waals surface area contributed by atoms with Crippen LogP contribution in [0.5, 0.6) is 0 Å². The predicted molar refractivity (Wildman–Crippen MR) is 93.5 cm³/mol. The predicted octanol–water partition coefficient (Wildman–Crippen LogP) is 3.97. The van der Waals surface area contributed by atoms with Gasteiger partial charge in [0.15, 0.2) is 0 Å². The van der Waals surface area contributed by atoms with Crippen molar-refractivity contribution in [1.82, 2.24) is 0 Å². The summed E-state index contributed by atoms with van der Waals surface area (Å²) in [7, 11) is 0. The fourth-order valence-electron chi connectivity index (χ4n) is 6.46. The molecule has 4 fully saturated rings. The number of carbonyl (C=O) groups excluding carboxylic acids is 2. The van der Waals surface area contributed by atoms with Gasteiger partial charge in [0, 0.05) is 11.8 Å². The summed E-state index contributed by atoms with van der Waals surface area (Å²) in [6.45, 7) is 15.3. The molecular weight excluding hydrogens is 316 g/mol. The molecular formula is C21H32O4. The van der Waals surface area contributed by atoms with E-state index in [-0.39, 0.29) is 63.6 Å². The number of esters is 2. The van der Waals surface area contributed by atoms with Crippen LogP contribution in [0.1, 0.15) is 67.7 Å². The van der Waals surface area contributed by atoms with E-state index in [1.807, 2.05) is 0 Å². The zero-order valence-corrected chi connectivity index (χ0v) is 16.6. The molecule has 0 radical (unpaired) electrons. The molecule has 25 heavy (non-hydrogen) atoms. The topological polar surface area (TPSA) is 52.6 Å². The van der Waals surface area contributed by atoms with E-state index in [2.05, 4.69) is 48.5 Å². The number of fused-ring (bicyclic) bond motifs is 1. The third kappa shape index (κ3) is 2.18. The van der Waals surface area contributed by atoms with Crippen LogP contribution >= 0.6 is 0 Å². The average Bonchev–Trinajstić information content (AvgIpc) is 2.67. The minimum atomic E-state index is -0.390. The molecule has 0 aromatic carbocycles. The lowest BCUT2D eigenvalue weighted by Crippen LogP contribution is -2.39. The summed E-state index contributed by atoms with van der Waals surface area (Å²) < 4.78 is 11.8. The molecule has 0 N–H and O–H groups in total. The maximum atomic E-state index is 13.3. The van der Waals surface area contributed by atoms with Crippen LogP contribution in [0, 0.1) is 39.4 Å². The summed E-state index contributed by atoms with van der Waals surface area (Å²) >= 11 is 0. The molecule has 140 valence electrons. The van der Waals surface area contributed by atoms with Crippen LogP contribution in [0.2, 0.25) is 0 Å². The van der Waals surface area contributed by atoms with Gasteiger partial charge in [-0.25, -0.2) is 0 Å². The van der Waals surface area contributed by atoms with E-state index in [4.69, 9.17) is 9.47 Å². The zero-order chi connectivity index (χ0) is 18.6. The monoisotopic (exact) mass is 348 g/mol. The first-order valence-electron chi connectivity index (χ1n) is 9.72. The Morgan fingerprint density at radius 1 is 1.24 bits per heavy atom. The van der Waals surface area contributed by atoms with Crippen molar-refractivity contribution in [3.8, 4) is 0 Å². The summed E-state index contributed by atoms with van der Waals surface area (Å²) in [5.41, 5.74) is -0.326. The number of hydrogen-bond acceptors (Lipinski definition) is 4. The first kappa shape index (κ1) is 17.4. The van der Waals surface area contributed by atoms with Crippen molar-refractivity contribution in [2.45, 2.75) is 79.9 Å². The molecule has 0 aromatic heterocycles.